The Bertz CT molecular complexity index is 1190. The Balaban J connectivity index is 1.35. The summed E-state index contributed by atoms with van der Waals surface area (Å²) in [6, 6.07) is 11.6. The van der Waals surface area contributed by atoms with E-state index in [0.29, 0.717) is 23.8 Å². The Hall–Kier alpha value is -2.64. The lowest BCUT2D eigenvalue weighted by Crippen LogP contribution is -2.49. The van der Waals surface area contributed by atoms with Gasteiger partial charge in [0.15, 0.2) is 5.13 Å². The summed E-state index contributed by atoms with van der Waals surface area (Å²) in [5, 5.41) is 1.64. The van der Waals surface area contributed by atoms with Crippen LogP contribution >= 0.6 is 22.9 Å². The minimum Gasteiger partial charge on any atom is -0.345 e. The number of carbonyl (C=O) groups is 1. The molecule has 1 aliphatic rings. The lowest BCUT2D eigenvalue weighted by molar-refractivity contribution is 0.0739. The third-order valence-electron chi connectivity index (χ3n) is 5.10. The standard InChI is InChI=1S/C20H18ClN5OS/c1-13-18(26-8-3-2-7-16(26)22-13)19(27)24-9-11-25(12-10-24)20-23-17-14(21)5-4-6-15(17)28-20/h2-8H,9-12H2,1H3. The first-order valence-electron chi connectivity index (χ1n) is 9.15. The highest BCUT2D eigenvalue weighted by Gasteiger charge is 2.27. The monoisotopic (exact) mass is 411 g/mol. The summed E-state index contributed by atoms with van der Waals surface area (Å²) in [5.41, 5.74) is 3.06. The molecule has 3 aromatic heterocycles. The molecule has 0 atom stereocenters. The number of aromatic nitrogens is 3. The number of hydrogen-bond donors (Lipinski definition) is 0. The van der Waals surface area contributed by atoms with Gasteiger partial charge in [0.2, 0.25) is 0 Å². The minimum absolute atomic E-state index is 0.0307. The van der Waals surface area contributed by atoms with E-state index in [1.165, 1.54) is 0 Å². The zero-order valence-corrected chi connectivity index (χ0v) is 16.9. The average Bonchev–Trinajstić information content (AvgIpc) is 3.29. The fourth-order valence-corrected chi connectivity index (χ4v) is 4.98. The highest BCUT2D eigenvalue weighted by atomic mass is 35.5. The van der Waals surface area contributed by atoms with E-state index in [1.54, 1.807) is 11.3 Å². The van der Waals surface area contributed by atoms with Crippen molar-refractivity contribution in [3.8, 4) is 0 Å². The molecule has 0 saturated carbocycles. The predicted octanol–water partition coefficient (Wildman–Crippen LogP) is 3.87. The van der Waals surface area contributed by atoms with Crippen molar-refractivity contribution in [2.75, 3.05) is 31.1 Å². The van der Waals surface area contributed by atoms with E-state index in [4.69, 9.17) is 16.6 Å². The van der Waals surface area contributed by atoms with E-state index >= 15 is 0 Å². The van der Waals surface area contributed by atoms with Gasteiger partial charge in [-0.05, 0) is 31.2 Å². The zero-order chi connectivity index (χ0) is 19.3. The van der Waals surface area contributed by atoms with E-state index in [0.717, 1.165) is 39.8 Å². The molecule has 142 valence electrons. The summed E-state index contributed by atoms with van der Waals surface area (Å²) in [6.45, 7) is 4.70. The van der Waals surface area contributed by atoms with Crippen LogP contribution in [0.5, 0.6) is 0 Å². The van der Waals surface area contributed by atoms with Gasteiger partial charge in [-0.15, -0.1) is 0 Å². The normalized spacial score (nSPS) is 14.9. The SMILES string of the molecule is Cc1nc2ccccn2c1C(=O)N1CCN(c2nc3c(Cl)cccc3s2)CC1. The quantitative estimate of drug-likeness (QED) is 0.502. The Morgan fingerprint density at radius 2 is 1.89 bits per heavy atom. The summed E-state index contributed by atoms with van der Waals surface area (Å²) in [5.74, 6) is 0.0307. The van der Waals surface area contributed by atoms with Gasteiger partial charge in [0.05, 0.1) is 15.4 Å². The molecular weight excluding hydrogens is 394 g/mol. The van der Waals surface area contributed by atoms with Crippen molar-refractivity contribution in [1.29, 1.82) is 0 Å². The highest BCUT2D eigenvalue weighted by molar-refractivity contribution is 7.22. The van der Waals surface area contributed by atoms with Crippen LogP contribution in [0.15, 0.2) is 42.6 Å². The first-order chi connectivity index (χ1) is 13.6. The van der Waals surface area contributed by atoms with Crippen molar-refractivity contribution < 1.29 is 4.79 Å². The van der Waals surface area contributed by atoms with Crippen LogP contribution in [-0.2, 0) is 0 Å². The van der Waals surface area contributed by atoms with Gasteiger partial charge in [-0.3, -0.25) is 9.20 Å². The van der Waals surface area contributed by atoms with Gasteiger partial charge >= 0.3 is 0 Å². The minimum atomic E-state index is 0.0307. The van der Waals surface area contributed by atoms with Gasteiger partial charge in [0.1, 0.15) is 16.9 Å². The number of anilines is 1. The number of aryl methyl sites for hydroxylation is 1. The maximum atomic E-state index is 13.1. The molecule has 6 nitrogen and oxygen atoms in total. The third kappa shape index (κ3) is 2.82. The van der Waals surface area contributed by atoms with E-state index in [2.05, 4.69) is 9.88 Å². The molecule has 28 heavy (non-hydrogen) atoms. The molecule has 1 saturated heterocycles. The second-order valence-electron chi connectivity index (χ2n) is 6.84. The fourth-order valence-electron chi connectivity index (χ4n) is 3.66. The smallest absolute Gasteiger partial charge is 0.272 e. The summed E-state index contributed by atoms with van der Waals surface area (Å²) >= 11 is 7.90. The number of benzene rings is 1. The highest BCUT2D eigenvalue weighted by Crippen LogP contribution is 2.33. The number of hydrogen-bond acceptors (Lipinski definition) is 5. The molecule has 0 aliphatic carbocycles. The van der Waals surface area contributed by atoms with Gasteiger partial charge in [0.25, 0.3) is 5.91 Å². The largest absolute Gasteiger partial charge is 0.345 e. The van der Waals surface area contributed by atoms with Crippen LogP contribution in [0.25, 0.3) is 15.9 Å². The molecule has 1 fully saturated rings. The lowest BCUT2D eigenvalue weighted by atomic mass is 10.2. The molecule has 1 amide bonds. The molecule has 8 heteroatoms. The molecule has 5 rings (SSSR count). The summed E-state index contributed by atoms with van der Waals surface area (Å²) < 4.78 is 2.96. The maximum Gasteiger partial charge on any atom is 0.272 e. The van der Waals surface area contributed by atoms with Crippen LogP contribution in [0, 0.1) is 6.92 Å². The number of halogens is 1. The molecule has 4 aromatic rings. The van der Waals surface area contributed by atoms with Crippen molar-refractivity contribution in [3.05, 3.63) is 59.0 Å². The van der Waals surface area contributed by atoms with Crippen molar-refractivity contribution in [1.82, 2.24) is 19.3 Å². The average molecular weight is 412 g/mol. The summed E-state index contributed by atoms with van der Waals surface area (Å²) in [7, 11) is 0. The Kier molecular flexibility index (Phi) is 4.21. The summed E-state index contributed by atoms with van der Waals surface area (Å²) in [4.78, 5) is 26.5. The van der Waals surface area contributed by atoms with E-state index < -0.39 is 0 Å². The van der Waals surface area contributed by atoms with E-state index in [1.807, 2.05) is 58.8 Å². The molecule has 0 bridgehead atoms. The molecule has 1 aromatic carbocycles. The molecule has 0 radical (unpaired) electrons. The number of imidazole rings is 1. The van der Waals surface area contributed by atoms with E-state index in [-0.39, 0.29) is 5.91 Å². The second kappa shape index (κ2) is 6.76. The second-order valence-corrected chi connectivity index (χ2v) is 8.25. The van der Waals surface area contributed by atoms with Crippen molar-refractivity contribution >= 4 is 49.8 Å². The van der Waals surface area contributed by atoms with Crippen molar-refractivity contribution in [2.45, 2.75) is 6.92 Å². The van der Waals surface area contributed by atoms with Crippen LogP contribution in [-0.4, -0.2) is 51.4 Å². The third-order valence-corrected chi connectivity index (χ3v) is 6.49. The van der Waals surface area contributed by atoms with Gasteiger partial charge in [-0.1, -0.05) is 35.1 Å². The van der Waals surface area contributed by atoms with Gasteiger partial charge in [-0.2, -0.15) is 0 Å². The number of rotatable bonds is 2. The Morgan fingerprint density at radius 3 is 2.68 bits per heavy atom. The molecule has 1 aliphatic heterocycles. The van der Waals surface area contributed by atoms with Crippen LogP contribution < -0.4 is 4.90 Å². The van der Waals surface area contributed by atoms with Crippen molar-refractivity contribution in [3.63, 3.8) is 0 Å². The lowest BCUT2D eigenvalue weighted by Gasteiger charge is -2.34. The number of fused-ring (bicyclic) bond motifs is 2. The molecule has 0 spiro atoms. The number of pyridine rings is 1. The number of carbonyl (C=O) groups excluding carboxylic acids is 1. The van der Waals surface area contributed by atoms with Crippen LogP contribution in [0.4, 0.5) is 5.13 Å². The Morgan fingerprint density at radius 1 is 1.07 bits per heavy atom. The van der Waals surface area contributed by atoms with Gasteiger partial charge in [-0.25, -0.2) is 9.97 Å². The fraction of sp³-hybridized carbons (Fsp3) is 0.250. The van der Waals surface area contributed by atoms with Gasteiger partial charge < -0.3 is 9.80 Å². The molecule has 4 heterocycles. The zero-order valence-electron chi connectivity index (χ0n) is 15.3. The van der Waals surface area contributed by atoms with Crippen LogP contribution in [0.2, 0.25) is 5.02 Å². The van der Waals surface area contributed by atoms with E-state index in [9.17, 15) is 4.79 Å². The molecule has 0 N–H and O–H groups in total. The van der Waals surface area contributed by atoms with Crippen LogP contribution in [0.3, 0.4) is 0 Å². The number of piperazine rings is 1. The van der Waals surface area contributed by atoms with Crippen molar-refractivity contribution in [2.24, 2.45) is 0 Å². The number of para-hydroxylation sites is 1. The molecular formula is C20H18ClN5OS. The summed E-state index contributed by atoms with van der Waals surface area (Å²) in [6.07, 6.45) is 1.89. The number of nitrogens with zero attached hydrogens (tertiary/aromatic N) is 5. The first kappa shape index (κ1) is 17.5. The molecule has 0 unspecified atom stereocenters. The predicted molar refractivity (Wildman–Crippen MR) is 113 cm³/mol. The Labute approximate surface area is 171 Å². The topological polar surface area (TPSA) is 53.7 Å². The first-order valence-corrected chi connectivity index (χ1v) is 10.3. The maximum absolute atomic E-state index is 13.1. The number of thiazole rings is 1. The van der Waals surface area contributed by atoms with Gasteiger partial charge in [0, 0.05) is 32.4 Å². The number of amides is 1. The van der Waals surface area contributed by atoms with Crippen LogP contribution in [0.1, 0.15) is 16.2 Å².